The highest BCUT2D eigenvalue weighted by atomic mass is 127. The number of benzene rings is 1. The first kappa shape index (κ1) is 26.7. The zero-order valence-electron chi connectivity index (χ0n) is 18.4. The van der Waals surface area contributed by atoms with Crippen molar-refractivity contribution in [2.75, 3.05) is 40.3 Å². The fraction of sp³-hybridized carbons (Fsp3) is 0.500. The summed E-state index contributed by atoms with van der Waals surface area (Å²) in [4.78, 5) is 7.72. The predicted molar refractivity (Wildman–Crippen MR) is 137 cm³/mol. The lowest BCUT2D eigenvalue weighted by atomic mass is 10.1. The number of nitrogens with zero attached hydrogens (tertiary/aromatic N) is 2. The Morgan fingerprint density at radius 3 is 2.53 bits per heavy atom. The van der Waals surface area contributed by atoms with Crippen LogP contribution in [0.4, 0.5) is 0 Å². The molecule has 0 fully saturated rings. The van der Waals surface area contributed by atoms with E-state index in [1.165, 1.54) is 0 Å². The van der Waals surface area contributed by atoms with Gasteiger partial charge in [-0.1, -0.05) is 18.2 Å². The largest absolute Gasteiger partial charge is 0.494 e. The van der Waals surface area contributed by atoms with Crippen LogP contribution in [0.5, 0.6) is 5.75 Å². The molecule has 30 heavy (non-hydrogen) atoms. The number of hydrogen-bond acceptors (Lipinski definition) is 5. The normalized spacial score (nSPS) is 13.5. The van der Waals surface area contributed by atoms with E-state index in [0.717, 1.165) is 35.7 Å². The topological polar surface area (TPSA) is 69.1 Å². The van der Waals surface area contributed by atoms with Gasteiger partial charge >= 0.3 is 0 Å². The molecule has 0 aliphatic heterocycles. The van der Waals surface area contributed by atoms with Gasteiger partial charge in [-0.05, 0) is 63.5 Å². The number of halogens is 1. The van der Waals surface area contributed by atoms with Crippen molar-refractivity contribution in [1.29, 1.82) is 0 Å². The van der Waals surface area contributed by atoms with Crippen molar-refractivity contribution in [3.05, 3.63) is 52.2 Å². The number of aliphatic imine (C=N–C) groups is 1. The van der Waals surface area contributed by atoms with Crippen molar-refractivity contribution >= 4 is 41.3 Å². The van der Waals surface area contributed by atoms with Gasteiger partial charge in [-0.2, -0.15) is 0 Å². The molecule has 2 rings (SSSR count). The van der Waals surface area contributed by atoms with Gasteiger partial charge in [0.15, 0.2) is 5.96 Å². The highest BCUT2D eigenvalue weighted by molar-refractivity contribution is 14.0. The first-order chi connectivity index (χ1) is 13.9. The van der Waals surface area contributed by atoms with Gasteiger partial charge < -0.3 is 25.4 Å². The molecule has 1 heterocycles. The molecule has 0 saturated carbocycles. The molecule has 0 radical (unpaired) electrons. The number of ether oxygens (including phenoxy) is 1. The summed E-state index contributed by atoms with van der Waals surface area (Å²) in [5.41, 5.74) is 0.170. The SMILES string of the molecule is CCNC(=NCc1ccc(OCCCN(C)C)cc1)NCC(C)(O)c1cccs1.I. The van der Waals surface area contributed by atoms with Crippen LogP contribution >= 0.6 is 35.3 Å². The van der Waals surface area contributed by atoms with Gasteiger partial charge in [0.2, 0.25) is 0 Å². The fourth-order valence-corrected chi connectivity index (χ4v) is 3.49. The molecule has 6 nitrogen and oxygen atoms in total. The van der Waals surface area contributed by atoms with Gasteiger partial charge in [0.25, 0.3) is 0 Å². The minimum absolute atomic E-state index is 0. The molecule has 2 aromatic rings. The fourth-order valence-electron chi connectivity index (χ4n) is 2.70. The number of hydrogen-bond donors (Lipinski definition) is 3. The summed E-state index contributed by atoms with van der Waals surface area (Å²) in [6.07, 6.45) is 1.01. The lowest BCUT2D eigenvalue weighted by molar-refractivity contribution is 0.0655. The Kier molecular flexibility index (Phi) is 12.3. The summed E-state index contributed by atoms with van der Waals surface area (Å²) in [5.74, 6) is 1.57. The van der Waals surface area contributed by atoms with Crippen LogP contribution < -0.4 is 15.4 Å². The number of rotatable bonds is 11. The standard InChI is InChI=1S/C22H34N4O2S.HI/c1-5-23-21(25-17-22(2,27)20-8-6-15-29-20)24-16-18-9-11-19(12-10-18)28-14-7-13-26(3)4;/h6,8-12,15,27H,5,7,13-14,16-17H2,1-4H3,(H2,23,24,25);1H. The average molecular weight is 547 g/mol. The van der Waals surface area contributed by atoms with E-state index in [9.17, 15) is 5.11 Å². The summed E-state index contributed by atoms with van der Waals surface area (Å²) in [7, 11) is 4.13. The maximum Gasteiger partial charge on any atom is 0.191 e. The zero-order chi connectivity index (χ0) is 21.1. The van der Waals surface area contributed by atoms with Gasteiger partial charge in [-0.15, -0.1) is 35.3 Å². The Bertz CT molecular complexity index is 734. The summed E-state index contributed by atoms with van der Waals surface area (Å²) in [6, 6.07) is 11.9. The van der Waals surface area contributed by atoms with E-state index in [4.69, 9.17) is 4.74 Å². The van der Waals surface area contributed by atoms with E-state index in [1.807, 2.05) is 55.6 Å². The Morgan fingerprint density at radius 1 is 1.20 bits per heavy atom. The Hall–Kier alpha value is -1.36. The predicted octanol–water partition coefficient (Wildman–Crippen LogP) is 3.66. The van der Waals surface area contributed by atoms with Crippen LogP contribution in [-0.2, 0) is 12.1 Å². The third-order valence-electron chi connectivity index (χ3n) is 4.36. The third-order valence-corrected chi connectivity index (χ3v) is 5.48. The van der Waals surface area contributed by atoms with Crippen LogP contribution in [0.25, 0.3) is 0 Å². The average Bonchev–Trinajstić information content (AvgIpc) is 3.24. The Morgan fingerprint density at radius 2 is 1.93 bits per heavy atom. The minimum Gasteiger partial charge on any atom is -0.494 e. The van der Waals surface area contributed by atoms with E-state index >= 15 is 0 Å². The lowest BCUT2D eigenvalue weighted by Gasteiger charge is -2.23. The number of nitrogens with one attached hydrogen (secondary N) is 2. The molecule has 0 amide bonds. The zero-order valence-corrected chi connectivity index (χ0v) is 21.5. The summed E-state index contributed by atoms with van der Waals surface area (Å²) >= 11 is 1.55. The number of guanidine groups is 1. The van der Waals surface area contributed by atoms with E-state index < -0.39 is 5.60 Å². The molecule has 0 spiro atoms. The monoisotopic (exact) mass is 546 g/mol. The number of aliphatic hydroxyl groups is 1. The molecule has 3 N–H and O–H groups in total. The smallest absolute Gasteiger partial charge is 0.191 e. The number of thiophene rings is 1. The van der Waals surface area contributed by atoms with E-state index in [0.29, 0.717) is 25.7 Å². The van der Waals surface area contributed by atoms with Crippen LogP contribution in [0.3, 0.4) is 0 Å². The Labute approximate surface area is 201 Å². The van der Waals surface area contributed by atoms with Crippen molar-refractivity contribution in [2.24, 2.45) is 4.99 Å². The summed E-state index contributed by atoms with van der Waals surface area (Å²) in [6.45, 7) is 7.27. The van der Waals surface area contributed by atoms with Crippen molar-refractivity contribution < 1.29 is 9.84 Å². The molecular weight excluding hydrogens is 511 g/mol. The first-order valence-electron chi connectivity index (χ1n) is 10.1. The minimum atomic E-state index is -0.935. The molecular formula is C22H35IN4O2S. The second-order valence-corrected chi connectivity index (χ2v) is 8.40. The summed E-state index contributed by atoms with van der Waals surface area (Å²) < 4.78 is 5.77. The maximum absolute atomic E-state index is 10.7. The lowest BCUT2D eigenvalue weighted by Crippen LogP contribution is -2.44. The van der Waals surface area contributed by atoms with Crippen LogP contribution in [-0.4, -0.2) is 56.3 Å². The van der Waals surface area contributed by atoms with Crippen LogP contribution in [0.1, 0.15) is 30.7 Å². The molecule has 0 aliphatic carbocycles. The van der Waals surface area contributed by atoms with E-state index in [1.54, 1.807) is 11.3 Å². The van der Waals surface area contributed by atoms with Crippen LogP contribution in [0.2, 0.25) is 0 Å². The van der Waals surface area contributed by atoms with E-state index in [-0.39, 0.29) is 24.0 Å². The summed E-state index contributed by atoms with van der Waals surface area (Å²) in [5, 5.41) is 19.1. The van der Waals surface area contributed by atoms with Crippen LogP contribution in [0, 0.1) is 0 Å². The van der Waals surface area contributed by atoms with Crippen molar-refractivity contribution in [1.82, 2.24) is 15.5 Å². The van der Waals surface area contributed by atoms with Gasteiger partial charge in [0, 0.05) is 18.0 Å². The molecule has 0 bridgehead atoms. The first-order valence-corrected chi connectivity index (χ1v) is 10.9. The quantitative estimate of drug-likeness (QED) is 0.174. The second-order valence-electron chi connectivity index (χ2n) is 7.45. The molecule has 1 aromatic heterocycles. The second kappa shape index (κ2) is 13.8. The van der Waals surface area contributed by atoms with Crippen molar-refractivity contribution in [3.63, 3.8) is 0 Å². The van der Waals surface area contributed by atoms with Gasteiger partial charge in [-0.25, -0.2) is 4.99 Å². The Balaban J connectivity index is 0.00000450. The highest BCUT2D eigenvalue weighted by Crippen LogP contribution is 2.24. The van der Waals surface area contributed by atoms with Gasteiger partial charge in [0.1, 0.15) is 11.4 Å². The van der Waals surface area contributed by atoms with Crippen LogP contribution in [0.15, 0.2) is 46.8 Å². The third kappa shape index (κ3) is 9.63. The van der Waals surface area contributed by atoms with Gasteiger partial charge in [-0.3, -0.25) is 0 Å². The molecule has 1 unspecified atom stereocenters. The maximum atomic E-state index is 10.7. The molecule has 1 aromatic carbocycles. The molecule has 0 saturated heterocycles. The molecule has 168 valence electrons. The highest BCUT2D eigenvalue weighted by Gasteiger charge is 2.24. The molecule has 8 heteroatoms. The van der Waals surface area contributed by atoms with Crippen molar-refractivity contribution in [3.8, 4) is 5.75 Å². The molecule has 0 aliphatic rings. The van der Waals surface area contributed by atoms with Gasteiger partial charge in [0.05, 0.1) is 19.7 Å². The molecule has 1 atom stereocenters. The van der Waals surface area contributed by atoms with E-state index in [2.05, 4.69) is 34.6 Å². The van der Waals surface area contributed by atoms with Crippen molar-refractivity contribution in [2.45, 2.75) is 32.4 Å².